The zero-order valence-electron chi connectivity index (χ0n) is 33.0. The van der Waals surface area contributed by atoms with Gasteiger partial charge in [0, 0.05) is 19.4 Å². The van der Waals surface area contributed by atoms with E-state index in [0.29, 0.717) is 0 Å². The van der Waals surface area contributed by atoms with Crippen molar-refractivity contribution in [1.82, 2.24) is 19.5 Å². The third-order valence-electron chi connectivity index (χ3n) is 9.20. The lowest BCUT2D eigenvalue weighted by Crippen LogP contribution is -2.58. The van der Waals surface area contributed by atoms with E-state index in [1.807, 2.05) is 0 Å². The Bertz CT molecular complexity index is 2300. The molecule has 3 aromatic rings. The van der Waals surface area contributed by atoms with E-state index >= 15 is 0 Å². The number of imidazole rings is 1. The van der Waals surface area contributed by atoms with Gasteiger partial charge in [0.2, 0.25) is 0 Å². The summed E-state index contributed by atoms with van der Waals surface area (Å²) < 4.78 is 89.7. The number of rotatable bonds is 16. The Morgan fingerprint density at radius 3 is 1.94 bits per heavy atom. The topological polar surface area (TPSA) is 481 Å². The summed E-state index contributed by atoms with van der Waals surface area (Å²) in [5.41, 5.74) is 11.3. The Balaban J connectivity index is 0.000000406. The molecule has 6 rings (SSSR count). The standard InChI is InChI=1S/C22H30N7O16P3.C7H15O8P/c1-46(34,35)44-17-15(31)12(43-22(17)29-9-27-13-18(23)25-8-26-20(13)29)7-41-48(38,39)45-47(36,37)40-6-11-14(30)16(32)21(42-11)28-4-2-3-10(5-28)19(24)33;1-16(12,13)14-2-3-4(8)5(9)6(10)7(11)15-3/h2-5,8-9,11-12,14-17,21-22,30-32H,6-7H2,1H3,(H6-,23,24,25,26,33,34,35,36,37,38,39);3-11H,2H2,1H3,(H,12,13)/p+1/t11-,12-,14+,15+,16?,17?,21-,22-;3?,4-,5+,6?,7+/m11/s1. The van der Waals surface area contributed by atoms with Crippen molar-refractivity contribution in [1.29, 1.82) is 0 Å². The fourth-order valence-corrected chi connectivity index (χ4v) is 9.37. The van der Waals surface area contributed by atoms with Crippen LogP contribution in [0.2, 0.25) is 0 Å². The second-order valence-corrected chi connectivity index (χ2v) is 20.9. The van der Waals surface area contributed by atoms with Crippen LogP contribution < -0.4 is 16.0 Å². The maximum Gasteiger partial charge on any atom is 0.481 e. The van der Waals surface area contributed by atoms with Gasteiger partial charge in [0.25, 0.3) is 12.1 Å². The first-order chi connectivity index (χ1) is 29.6. The van der Waals surface area contributed by atoms with Gasteiger partial charge in [-0.15, -0.1) is 0 Å². The average molecular weight is 1000 g/mol. The summed E-state index contributed by atoms with van der Waals surface area (Å²) in [5.74, 6) is -0.788. The van der Waals surface area contributed by atoms with Crippen LogP contribution in [0.3, 0.4) is 0 Å². The van der Waals surface area contributed by atoms with Gasteiger partial charge < -0.3 is 85.5 Å². The monoisotopic (exact) mass is 1000 g/mol. The number of aliphatic hydroxyl groups is 7. The van der Waals surface area contributed by atoms with Crippen LogP contribution in [0.1, 0.15) is 22.8 Å². The van der Waals surface area contributed by atoms with Crippen LogP contribution in [0.5, 0.6) is 0 Å². The van der Waals surface area contributed by atoms with E-state index in [1.54, 1.807) is 0 Å². The van der Waals surface area contributed by atoms with Gasteiger partial charge in [0.15, 0.2) is 42.5 Å². The molecule has 0 bridgehead atoms. The van der Waals surface area contributed by atoms with Crippen LogP contribution in [-0.2, 0) is 54.9 Å². The highest BCUT2D eigenvalue weighted by molar-refractivity contribution is 7.61. The molecule has 360 valence electrons. The summed E-state index contributed by atoms with van der Waals surface area (Å²) >= 11 is 0. The minimum Gasteiger partial charge on any atom is -0.387 e. The quantitative estimate of drug-likeness (QED) is 0.0475. The molecule has 0 aromatic carbocycles. The second-order valence-electron chi connectivity index (χ2n) is 14.2. The number of nitrogens with zero attached hydrogens (tertiary/aromatic N) is 5. The number of phosphoric acid groups is 2. The Hall–Kier alpha value is -2.87. The van der Waals surface area contributed by atoms with Gasteiger partial charge in [-0.25, -0.2) is 24.1 Å². The average Bonchev–Trinajstić information content (AvgIpc) is 3.85. The van der Waals surface area contributed by atoms with Gasteiger partial charge in [-0.05, 0) is 6.07 Å². The molecular weight excluding hydrogens is 954 g/mol. The van der Waals surface area contributed by atoms with Gasteiger partial charge in [0.1, 0.15) is 72.3 Å². The molecule has 8 unspecified atom stereocenters. The number of phosphoric ester groups is 2. The Labute approximate surface area is 359 Å². The number of hydrogen-bond acceptors (Lipinski definition) is 24. The number of amides is 1. The zero-order chi connectivity index (χ0) is 47.7. The van der Waals surface area contributed by atoms with E-state index < -0.39 is 136 Å². The lowest BCUT2D eigenvalue weighted by Gasteiger charge is -2.38. The third-order valence-corrected chi connectivity index (χ3v) is 13.1. The predicted molar refractivity (Wildman–Crippen MR) is 205 cm³/mol. The van der Waals surface area contributed by atoms with Gasteiger partial charge in [-0.1, -0.05) is 0 Å². The first-order valence-corrected chi connectivity index (χ1v) is 25.2. The fraction of sp³-hybridized carbons (Fsp3) is 0.621. The summed E-state index contributed by atoms with van der Waals surface area (Å²) in [7, 11) is -18.9. The number of nitrogens with two attached hydrogens (primary N) is 2. The van der Waals surface area contributed by atoms with Gasteiger partial charge in [0.05, 0.1) is 26.1 Å². The third kappa shape index (κ3) is 13.2. The molecule has 15 N–H and O–H groups in total. The number of primary amides is 1. The fourth-order valence-electron chi connectivity index (χ4n) is 6.18. The molecule has 6 heterocycles. The number of aliphatic hydroxyl groups excluding tert-OH is 7. The molecule has 3 saturated heterocycles. The Morgan fingerprint density at radius 1 is 0.766 bits per heavy atom. The molecule has 3 aliphatic rings. The maximum atomic E-state index is 12.6. The summed E-state index contributed by atoms with van der Waals surface area (Å²) in [6, 6.07) is 2.81. The molecule has 3 fully saturated rings. The highest BCUT2D eigenvalue weighted by Crippen LogP contribution is 2.61. The van der Waals surface area contributed by atoms with Crippen LogP contribution in [0, 0.1) is 0 Å². The van der Waals surface area contributed by atoms with Crippen molar-refractivity contribution in [3.8, 4) is 0 Å². The number of carbonyl (C=O) groups is 1. The number of fused-ring (bicyclic) bond motifs is 1. The molecule has 1 amide bonds. The first kappa shape index (κ1) is 52.1. The number of pyridine rings is 1. The number of aromatic nitrogens is 5. The van der Waals surface area contributed by atoms with E-state index in [-0.39, 0.29) is 22.5 Å². The van der Waals surface area contributed by atoms with Crippen molar-refractivity contribution >= 4 is 53.7 Å². The number of ether oxygens (including phenoxy) is 3. The SMILES string of the molecule is CP(=O)(O)OC1[C@@H](O)[C@@H](COP(=O)(O)OP(=O)(O)OC[C@H]2O[C@@H]([n+]3cccc(C(N)=O)c3)C(O)[C@H]2O)O[C@H]1n1cnc2c(N)ncnc21.CP(=O)(O)OCC1O[C@H](O)C(O)[C@@H](O)[C@@H]1O. The number of anilines is 1. The van der Waals surface area contributed by atoms with Crippen molar-refractivity contribution in [2.75, 3.05) is 38.9 Å². The van der Waals surface area contributed by atoms with Crippen molar-refractivity contribution in [3.63, 3.8) is 0 Å². The smallest absolute Gasteiger partial charge is 0.387 e. The molecular formula is C29H46N7O24P4+. The minimum atomic E-state index is -5.47. The van der Waals surface area contributed by atoms with E-state index in [9.17, 15) is 63.3 Å². The van der Waals surface area contributed by atoms with Crippen LogP contribution in [0.15, 0.2) is 37.2 Å². The highest BCUT2D eigenvalue weighted by atomic mass is 31.3. The van der Waals surface area contributed by atoms with E-state index in [4.69, 9.17) is 54.4 Å². The van der Waals surface area contributed by atoms with Gasteiger partial charge in [-0.2, -0.15) is 8.88 Å². The molecule has 0 saturated carbocycles. The van der Waals surface area contributed by atoms with Gasteiger partial charge >= 0.3 is 30.8 Å². The lowest BCUT2D eigenvalue weighted by atomic mass is 10.00. The van der Waals surface area contributed by atoms with E-state index in [2.05, 4.69) is 23.8 Å². The zero-order valence-corrected chi connectivity index (χ0v) is 36.6. The summed E-state index contributed by atoms with van der Waals surface area (Å²) in [5, 5.41) is 68.6. The summed E-state index contributed by atoms with van der Waals surface area (Å²) in [4.78, 5) is 62.3. The molecule has 17 atom stereocenters. The number of nitrogen functional groups attached to an aromatic ring is 1. The molecule has 0 spiro atoms. The predicted octanol–water partition coefficient (Wildman–Crippen LogP) is -4.56. The van der Waals surface area contributed by atoms with E-state index in [0.717, 1.165) is 19.7 Å². The molecule has 0 aliphatic carbocycles. The van der Waals surface area contributed by atoms with Crippen molar-refractivity contribution in [2.24, 2.45) is 5.73 Å². The first-order valence-electron chi connectivity index (χ1n) is 18.1. The second kappa shape index (κ2) is 20.6. The molecule has 3 aliphatic heterocycles. The largest absolute Gasteiger partial charge is 0.481 e. The van der Waals surface area contributed by atoms with Crippen molar-refractivity contribution < 1.29 is 120 Å². The molecule has 64 heavy (non-hydrogen) atoms. The van der Waals surface area contributed by atoms with Crippen LogP contribution in [0.25, 0.3) is 11.2 Å². The van der Waals surface area contributed by atoms with Crippen LogP contribution in [-0.4, -0.2) is 181 Å². The van der Waals surface area contributed by atoms with Crippen molar-refractivity contribution in [3.05, 3.63) is 42.7 Å². The lowest BCUT2D eigenvalue weighted by molar-refractivity contribution is -0.765. The normalized spacial score (nSPS) is 34.5. The molecule has 31 nitrogen and oxygen atoms in total. The van der Waals surface area contributed by atoms with E-state index in [1.165, 1.54) is 40.0 Å². The Kier molecular flexibility index (Phi) is 16.7. The molecule has 3 aromatic heterocycles. The van der Waals surface area contributed by atoms with Crippen LogP contribution >= 0.6 is 30.8 Å². The molecule has 35 heteroatoms. The number of hydrogen-bond donors (Lipinski definition) is 13. The molecule has 0 radical (unpaired) electrons. The summed E-state index contributed by atoms with van der Waals surface area (Å²) in [6.07, 6.45) is -15.1. The van der Waals surface area contributed by atoms with Crippen LogP contribution in [0.4, 0.5) is 5.82 Å². The van der Waals surface area contributed by atoms with Gasteiger partial charge in [-0.3, -0.25) is 32.1 Å². The number of carbonyl (C=O) groups excluding carboxylic acids is 1. The Morgan fingerprint density at radius 2 is 1.34 bits per heavy atom. The van der Waals surface area contributed by atoms with Crippen molar-refractivity contribution in [2.45, 2.75) is 79.8 Å². The minimum absolute atomic E-state index is 0.00846. The summed E-state index contributed by atoms with van der Waals surface area (Å²) in [6.45, 7) is -0.614. The highest BCUT2D eigenvalue weighted by Gasteiger charge is 2.51. The maximum absolute atomic E-state index is 12.6.